The Morgan fingerprint density at radius 2 is 2.20 bits per heavy atom. The van der Waals surface area contributed by atoms with Crippen molar-refractivity contribution in [3.05, 3.63) is 29.3 Å². The maximum atomic E-state index is 6.07. The van der Waals surface area contributed by atoms with Crippen LogP contribution in [0.4, 0.5) is 5.69 Å². The number of ether oxygens (including phenoxy) is 1. The van der Waals surface area contributed by atoms with E-state index < -0.39 is 0 Å². The minimum Gasteiger partial charge on any atom is -0.385 e. The van der Waals surface area contributed by atoms with Crippen LogP contribution in [0.2, 0.25) is 0 Å². The molecular formula is C18H25NO. The van der Waals surface area contributed by atoms with E-state index in [0.29, 0.717) is 0 Å². The summed E-state index contributed by atoms with van der Waals surface area (Å²) < 4.78 is 6.07. The maximum absolute atomic E-state index is 6.07. The van der Waals surface area contributed by atoms with Crippen LogP contribution in [0.25, 0.3) is 0 Å². The summed E-state index contributed by atoms with van der Waals surface area (Å²) in [6.07, 6.45) is 10.3. The lowest BCUT2D eigenvalue weighted by molar-refractivity contribution is -0.143. The third-order valence-electron chi connectivity index (χ3n) is 5.53. The van der Waals surface area contributed by atoms with Crippen molar-refractivity contribution in [2.45, 2.75) is 57.0 Å². The highest BCUT2D eigenvalue weighted by molar-refractivity contribution is 5.59. The van der Waals surface area contributed by atoms with Gasteiger partial charge in [0.1, 0.15) is 0 Å². The number of benzene rings is 1. The summed E-state index contributed by atoms with van der Waals surface area (Å²) >= 11 is 0. The first-order valence-electron chi connectivity index (χ1n) is 8.33. The molecule has 0 bridgehead atoms. The molecule has 2 heterocycles. The zero-order valence-corrected chi connectivity index (χ0v) is 12.3. The number of anilines is 1. The molecule has 1 N–H and O–H groups in total. The van der Waals surface area contributed by atoms with Crippen molar-refractivity contribution >= 4 is 5.69 Å². The first-order chi connectivity index (χ1) is 9.85. The van der Waals surface area contributed by atoms with E-state index >= 15 is 0 Å². The van der Waals surface area contributed by atoms with Crippen LogP contribution in [-0.4, -0.2) is 18.8 Å². The molecule has 1 unspecified atom stereocenters. The smallest absolute Gasteiger partial charge is 0.0685 e. The number of fused-ring (bicyclic) bond motifs is 1. The van der Waals surface area contributed by atoms with Gasteiger partial charge in [-0.2, -0.15) is 0 Å². The molecule has 2 fully saturated rings. The molecule has 0 amide bonds. The second-order valence-corrected chi connectivity index (χ2v) is 6.93. The van der Waals surface area contributed by atoms with Gasteiger partial charge >= 0.3 is 0 Å². The van der Waals surface area contributed by atoms with Crippen LogP contribution in [0.1, 0.15) is 49.7 Å². The fourth-order valence-electron chi connectivity index (χ4n) is 4.29. The van der Waals surface area contributed by atoms with E-state index in [9.17, 15) is 0 Å². The summed E-state index contributed by atoms with van der Waals surface area (Å²) in [4.78, 5) is 0. The number of hydrogen-bond acceptors (Lipinski definition) is 2. The fraction of sp³-hybridized carbons (Fsp3) is 0.667. The van der Waals surface area contributed by atoms with Gasteiger partial charge in [0.2, 0.25) is 0 Å². The third kappa shape index (κ3) is 2.24. The van der Waals surface area contributed by atoms with Gasteiger partial charge < -0.3 is 10.1 Å². The maximum Gasteiger partial charge on any atom is 0.0685 e. The monoisotopic (exact) mass is 271 g/mol. The molecule has 0 radical (unpaired) electrons. The zero-order chi connectivity index (χ0) is 13.4. The predicted octanol–water partition coefficient (Wildman–Crippen LogP) is 3.94. The van der Waals surface area contributed by atoms with Crippen molar-refractivity contribution in [3.8, 4) is 0 Å². The van der Waals surface area contributed by atoms with Crippen LogP contribution in [0.15, 0.2) is 18.2 Å². The second-order valence-electron chi connectivity index (χ2n) is 6.93. The van der Waals surface area contributed by atoms with Crippen molar-refractivity contribution in [2.24, 2.45) is 5.92 Å². The summed E-state index contributed by atoms with van der Waals surface area (Å²) in [5, 5.41) is 3.64. The Balaban J connectivity index is 1.51. The van der Waals surface area contributed by atoms with Crippen LogP contribution in [0, 0.1) is 5.92 Å². The first kappa shape index (κ1) is 12.7. The van der Waals surface area contributed by atoms with Crippen LogP contribution >= 0.6 is 0 Å². The van der Waals surface area contributed by atoms with E-state index in [1.165, 1.54) is 62.6 Å². The molecule has 1 saturated heterocycles. The topological polar surface area (TPSA) is 21.3 Å². The average Bonchev–Trinajstić information content (AvgIpc) is 2.46. The third-order valence-corrected chi connectivity index (χ3v) is 5.53. The summed E-state index contributed by atoms with van der Waals surface area (Å²) in [6.45, 7) is 2.12. The molecule has 20 heavy (non-hydrogen) atoms. The van der Waals surface area contributed by atoms with Gasteiger partial charge in [0, 0.05) is 18.8 Å². The van der Waals surface area contributed by atoms with Crippen molar-refractivity contribution in [1.29, 1.82) is 0 Å². The highest BCUT2D eigenvalue weighted by Crippen LogP contribution is 2.45. The zero-order valence-electron chi connectivity index (χ0n) is 12.3. The minimum absolute atomic E-state index is 0.283. The molecule has 1 spiro atoms. The van der Waals surface area contributed by atoms with Crippen LogP contribution in [0.5, 0.6) is 0 Å². The largest absolute Gasteiger partial charge is 0.385 e. The van der Waals surface area contributed by atoms with Crippen molar-refractivity contribution in [3.63, 3.8) is 0 Å². The molecule has 3 aliphatic rings. The summed E-state index contributed by atoms with van der Waals surface area (Å²) in [5.41, 5.74) is 4.81. The van der Waals surface area contributed by atoms with E-state index in [2.05, 4.69) is 23.5 Å². The first-order valence-corrected chi connectivity index (χ1v) is 8.33. The number of hydrogen-bond donors (Lipinski definition) is 1. The lowest BCUT2D eigenvalue weighted by atomic mass is 9.71. The molecule has 2 nitrogen and oxygen atoms in total. The molecule has 1 saturated carbocycles. The Hall–Kier alpha value is -1.02. The van der Waals surface area contributed by atoms with Gasteiger partial charge in [0.05, 0.1) is 5.60 Å². The molecule has 1 aromatic rings. The van der Waals surface area contributed by atoms with E-state index in [1.807, 2.05) is 0 Å². The lowest BCUT2D eigenvalue weighted by Crippen LogP contribution is -2.45. The fourth-order valence-corrected chi connectivity index (χ4v) is 4.29. The van der Waals surface area contributed by atoms with Gasteiger partial charge in [-0.05, 0) is 68.4 Å². The van der Waals surface area contributed by atoms with Crippen LogP contribution < -0.4 is 5.32 Å². The van der Waals surface area contributed by atoms with Crippen LogP contribution in [0.3, 0.4) is 0 Å². The summed E-state index contributed by atoms with van der Waals surface area (Å²) in [7, 11) is 0. The predicted molar refractivity (Wildman–Crippen MR) is 82.2 cm³/mol. The molecule has 1 aromatic carbocycles. The van der Waals surface area contributed by atoms with Gasteiger partial charge in [0.25, 0.3) is 0 Å². The lowest BCUT2D eigenvalue weighted by Gasteiger charge is -2.47. The molecule has 2 aliphatic heterocycles. The van der Waals surface area contributed by atoms with Crippen molar-refractivity contribution in [2.75, 3.05) is 18.5 Å². The second kappa shape index (κ2) is 5.07. The number of nitrogens with one attached hydrogen (secondary N) is 1. The van der Waals surface area contributed by atoms with Crippen molar-refractivity contribution in [1.82, 2.24) is 0 Å². The van der Waals surface area contributed by atoms with Gasteiger partial charge in [-0.1, -0.05) is 18.2 Å². The van der Waals surface area contributed by atoms with Gasteiger partial charge in [0.15, 0.2) is 0 Å². The Labute approximate surface area is 121 Å². The molecular weight excluding hydrogens is 246 g/mol. The molecule has 1 atom stereocenters. The van der Waals surface area contributed by atoms with Crippen molar-refractivity contribution < 1.29 is 4.74 Å². The minimum atomic E-state index is 0.283. The molecule has 2 heteroatoms. The van der Waals surface area contributed by atoms with Gasteiger partial charge in [-0.25, -0.2) is 0 Å². The average molecular weight is 271 g/mol. The van der Waals surface area contributed by atoms with Crippen LogP contribution in [-0.2, 0) is 17.6 Å². The Morgan fingerprint density at radius 1 is 1.25 bits per heavy atom. The van der Waals surface area contributed by atoms with Gasteiger partial charge in [-0.3, -0.25) is 0 Å². The molecule has 1 aliphatic carbocycles. The Kier molecular flexibility index (Phi) is 3.22. The normalized spacial score (nSPS) is 27.5. The highest BCUT2D eigenvalue weighted by Gasteiger charge is 2.42. The van der Waals surface area contributed by atoms with Gasteiger partial charge in [-0.15, -0.1) is 0 Å². The molecule has 108 valence electrons. The Bertz CT molecular complexity index is 492. The quantitative estimate of drug-likeness (QED) is 0.880. The number of rotatable bonds is 2. The number of para-hydroxylation sites is 1. The SMILES string of the molecule is c1cc2c(c(CC3CCOC4(CCC4)C3)c1)NCCC2. The summed E-state index contributed by atoms with van der Waals surface area (Å²) in [6, 6.07) is 6.88. The number of aryl methyl sites for hydroxylation is 1. The van der Waals surface area contributed by atoms with E-state index in [0.717, 1.165) is 19.1 Å². The molecule has 0 aromatic heterocycles. The van der Waals surface area contributed by atoms with E-state index in [1.54, 1.807) is 5.56 Å². The standard InChI is InChI=1S/C18H25NO/c1-4-15-6-2-10-19-17(15)16(5-1)12-14-7-11-20-18(13-14)8-3-9-18/h1,4-5,14,19H,2-3,6-13H2. The highest BCUT2D eigenvalue weighted by atomic mass is 16.5. The van der Waals surface area contributed by atoms with E-state index in [4.69, 9.17) is 4.74 Å². The Morgan fingerprint density at radius 3 is 3.05 bits per heavy atom. The molecule has 4 rings (SSSR count). The van der Waals surface area contributed by atoms with E-state index in [-0.39, 0.29) is 5.60 Å². The summed E-state index contributed by atoms with van der Waals surface area (Å²) in [5.74, 6) is 0.819.